The molecule has 0 aromatic heterocycles. The molecule has 0 fully saturated rings. The van der Waals surface area contributed by atoms with Gasteiger partial charge in [0.1, 0.15) is 5.75 Å². The van der Waals surface area contributed by atoms with Gasteiger partial charge in [0.15, 0.2) is 6.61 Å². The van der Waals surface area contributed by atoms with Gasteiger partial charge in [-0.25, -0.2) is 4.79 Å². The predicted octanol–water partition coefficient (Wildman–Crippen LogP) is 2.77. The molecule has 2 aromatic carbocycles. The fourth-order valence-corrected chi connectivity index (χ4v) is 2.35. The van der Waals surface area contributed by atoms with E-state index in [1.54, 1.807) is 21.0 Å². The topological polar surface area (TPSA) is 90.9 Å². The van der Waals surface area contributed by atoms with Gasteiger partial charge in [-0.2, -0.15) is 0 Å². The average Bonchev–Trinajstić information content (AvgIpc) is 2.64. The molecule has 1 atom stereocenters. The molecule has 0 saturated heterocycles. The van der Waals surface area contributed by atoms with Crippen molar-refractivity contribution in [3.05, 3.63) is 42.0 Å². The molecule has 138 valence electrons. The first kappa shape index (κ1) is 19.2. The van der Waals surface area contributed by atoms with Crippen LogP contribution in [0.3, 0.4) is 0 Å². The van der Waals surface area contributed by atoms with Crippen molar-refractivity contribution in [2.75, 3.05) is 20.3 Å². The molecule has 7 nitrogen and oxygen atoms in total. The van der Waals surface area contributed by atoms with Crippen LogP contribution in [0.15, 0.2) is 36.4 Å². The van der Waals surface area contributed by atoms with Crippen LogP contribution in [0.25, 0.3) is 10.8 Å². The van der Waals surface area contributed by atoms with E-state index < -0.39 is 30.5 Å². The van der Waals surface area contributed by atoms with Crippen molar-refractivity contribution in [2.45, 2.75) is 19.8 Å². The van der Waals surface area contributed by atoms with E-state index in [9.17, 15) is 14.4 Å². The second-order valence-corrected chi connectivity index (χ2v) is 5.57. The molecule has 7 heteroatoms. The molecular formula is C19H21NO6. The van der Waals surface area contributed by atoms with Crippen molar-refractivity contribution in [1.29, 1.82) is 0 Å². The fourth-order valence-electron chi connectivity index (χ4n) is 2.35. The van der Waals surface area contributed by atoms with Crippen molar-refractivity contribution in [2.24, 2.45) is 0 Å². The second kappa shape index (κ2) is 8.84. The lowest BCUT2D eigenvalue weighted by molar-refractivity contribution is -0.149. The number of hydrogen-bond acceptors (Lipinski definition) is 6. The summed E-state index contributed by atoms with van der Waals surface area (Å²) in [4.78, 5) is 34.8. The Morgan fingerprint density at radius 1 is 1.04 bits per heavy atom. The third-order valence-electron chi connectivity index (χ3n) is 3.79. The van der Waals surface area contributed by atoms with Crippen LogP contribution in [0.1, 0.15) is 25.3 Å². The number of esters is 1. The number of benzene rings is 2. The van der Waals surface area contributed by atoms with Crippen LogP contribution in [0.4, 0.5) is 4.79 Å². The molecule has 2 amide bonds. The van der Waals surface area contributed by atoms with E-state index in [1.807, 2.05) is 41.7 Å². The summed E-state index contributed by atoms with van der Waals surface area (Å²) in [6.45, 7) is 2.90. The standard InChI is InChI=1S/C19H21NO6/c1-4-25-19(23)20-17(21)11-26-18(22)12(2)13-5-6-15-10-16(24-3)8-7-14(15)9-13/h5-10,12H,4,11H2,1-3H3,(H,20,21,23)/t12-/m0/s1. The van der Waals surface area contributed by atoms with Crippen molar-refractivity contribution < 1.29 is 28.6 Å². The van der Waals surface area contributed by atoms with E-state index in [0.717, 1.165) is 22.1 Å². The summed E-state index contributed by atoms with van der Waals surface area (Å²) >= 11 is 0. The minimum Gasteiger partial charge on any atom is -0.497 e. The number of hydrogen-bond donors (Lipinski definition) is 1. The quantitative estimate of drug-likeness (QED) is 0.798. The van der Waals surface area contributed by atoms with E-state index in [0.29, 0.717) is 0 Å². The molecule has 0 bridgehead atoms. The van der Waals surface area contributed by atoms with Gasteiger partial charge < -0.3 is 14.2 Å². The van der Waals surface area contributed by atoms with Crippen LogP contribution in [-0.2, 0) is 19.1 Å². The third-order valence-corrected chi connectivity index (χ3v) is 3.79. The van der Waals surface area contributed by atoms with Crippen LogP contribution in [0.2, 0.25) is 0 Å². The summed E-state index contributed by atoms with van der Waals surface area (Å²) in [6.07, 6.45) is -0.869. The molecule has 0 saturated carbocycles. The monoisotopic (exact) mass is 359 g/mol. The predicted molar refractivity (Wildman–Crippen MR) is 95.0 cm³/mol. The molecule has 26 heavy (non-hydrogen) atoms. The highest BCUT2D eigenvalue weighted by molar-refractivity contribution is 5.93. The van der Waals surface area contributed by atoms with Crippen molar-refractivity contribution >= 4 is 28.7 Å². The van der Waals surface area contributed by atoms with Crippen LogP contribution in [-0.4, -0.2) is 38.3 Å². The highest BCUT2D eigenvalue weighted by Gasteiger charge is 2.19. The van der Waals surface area contributed by atoms with Gasteiger partial charge >= 0.3 is 12.1 Å². The van der Waals surface area contributed by atoms with Crippen LogP contribution < -0.4 is 10.1 Å². The number of carbonyl (C=O) groups excluding carboxylic acids is 3. The van der Waals surface area contributed by atoms with E-state index in [-0.39, 0.29) is 6.61 Å². The van der Waals surface area contributed by atoms with Gasteiger partial charge in [0, 0.05) is 0 Å². The minimum absolute atomic E-state index is 0.143. The molecule has 2 aromatic rings. The van der Waals surface area contributed by atoms with Crippen molar-refractivity contribution in [3.8, 4) is 5.75 Å². The summed E-state index contributed by atoms with van der Waals surface area (Å²) in [5, 5.41) is 3.91. The zero-order valence-electron chi connectivity index (χ0n) is 14.9. The number of rotatable bonds is 6. The molecule has 1 N–H and O–H groups in total. The Hall–Kier alpha value is -3.09. The first-order valence-electron chi connectivity index (χ1n) is 8.15. The van der Waals surface area contributed by atoms with Gasteiger partial charge in [-0.3, -0.25) is 14.9 Å². The lowest BCUT2D eigenvalue weighted by Gasteiger charge is -2.13. The fraction of sp³-hybridized carbons (Fsp3) is 0.316. The molecule has 0 radical (unpaired) electrons. The maximum atomic E-state index is 12.2. The van der Waals surface area contributed by atoms with Gasteiger partial charge in [0.05, 0.1) is 19.6 Å². The highest BCUT2D eigenvalue weighted by Crippen LogP contribution is 2.25. The SMILES string of the molecule is CCOC(=O)NC(=O)COC(=O)[C@@H](C)c1ccc2cc(OC)ccc2c1. The Morgan fingerprint density at radius 2 is 1.73 bits per heavy atom. The largest absolute Gasteiger partial charge is 0.497 e. The molecular weight excluding hydrogens is 338 g/mol. The molecule has 0 spiro atoms. The second-order valence-electron chi connectivity index (χ2n) is 5.57. The molecule has 0 heterocycles. The van der Waals surface area contributed by atoms with E-state index in [1.165, 1.54) is 0 Å². The van der Waals surface area contributed by atoms with E-state index >= 15 is 0 Å². The highest BCUT2D eigenvalue weighted by atomic mass is 16.6. The Labute approximate surface area is 151 Å². The van der Waals surface area contributed by atoms with Crippen LogP contribution in [0, 0.1) is 0 Å². The summed E-state index contributed by atoms with van der Waals surface area (Å²) in [5.41, 5.74) is 0.762. The maximum Gasteiger partial charge on any atom is 0.413 e. The summed E-state index contributed by atoms with van der Waals surface area (Å²) in [7, 11) is 1.60. The summed E-state index contributed by atoms with van der Waals surface area (Å²) in [6, 6.07) is 11.3. The van der Waals surface area contributed by atoms with Crippen LogP contribution in [0.5, 0.6) is 5.75 Å². The smallest absolute Gasteiger partial charge is 0.413 e. The zero-order chi connectivity index (χ0) is 19.1. The minimum atomic E-state index is -0.869. The van der Waals surface area contributed by atoms with Gasteiger partial charge in [0.25, 0.3) is 5.91 Å². The number of fused-ring (bicyclic) bond motifs is 1. The number of amides is 2. The Morgan fingerprint density at radius 3 is 2.42 bits per heavy atom. The normalized spacial score (nSPS) is 11.5. The summed E-state index contributed by atoms with van der Waals surface area (Å²) < 4.78 is 14.7. The molecule has 0 aliphatic rings. The van der Waals surface area contributed by atoms with Crippen molar-refractivity contribution in [3.63, 3.8) is 0 Å². The number of ether oxygens (including phenoxy) is 3. The molecule has 0 aliphatic carbocycles. The van der Waals surface area contributed by atoms with Gasteiger partial charge in [-0.15, -0.1) is 0 Å². The van der Waals surface area contributed by atoms with Gasteiger partial charge in [-0.05, 0) is 42.3 Å². The van der Waals surface area contributed by atoms with E-state index in [2.05, 4.69) is 4.74 Å². The van der Waals surface area contributed by atoms with E-state index in [4.69, 9.17) is 9.47 Å². The Kier molecular flexibility index (Phi) is 6.54. The number of imide groups is 1. The molecule has 0 aliphatic heterocycles. The number of alkyl carbamates (subject to hydrolysis) is 1. The number of methoxy groups -OCH3 is 1. The summed E-state index contributed by atoms with van der Waals surface area (Å²) in [5.74, 6) is -1.10. The van der Waals surface area contributed by atoms with Gasteiger partial charge in [0.2, 0.25) is 0 Å². The number of nitrogens with one attached hydrogen (secondary N) is 1. The molecule has 2 rings (SSSR count). The van der Waals surface area contributed by atoms with Crippen LogP contribution >= 0.6 is 0 Å². The zero-order valence-corrected chi connectivity index (χ0v) is 14.9. The maximum absolute atomic E-state index is 12.2. The lowest BCUT2D eigenvalue weighted by atomic mass is 9.98. The average molecular weight is 359 g/mol. The molecule has 0 unspecified atom stereocenters. The van der Waals surface area contributed by atoms with Crippen molar-refractivity contribution in [1.82, 2.24) is 5.32 Å². The lowest BCUT2D eigenvalue weighted by Crippen LogP contribution is -2.35. The first-order chi connectivity index (χ1) is 12.4. The third kappa shape index (κ3) is 4.95. The Balaban J connectivity index is 1.98. The van der Waals surface area contributed by atoms with Gasteiger partial charge in [-0.1, -0.05) is 24.3 Å². The first-order valence-corrected chi connectivity index (χ1v) is 8.15. The Bertz CT molecular complexity index is 817. The number of carbonyl (C=O) groups is 3.